The third-order valence-corrected chi connectivity index (χ3v) is 0. The van der Waals surface area contributed by atoms with E-state index in [0.29, 0.717) is 0 Å². The Hall–Kier alpha value is 2.32. The average molecular weight is 122 g/mol. The smallest absolute Gasteiger partial charge is 2.00 e. The van der Waals surface area contributed by atoms with Crippen LogP contribution in [0.15, 0.2) is 0 Å². The molecule has 0 aliphatic carbocycles. The van der Waals surface area contributed by atoms with Crippen LogP contribution in [0, 0.1) is 0 Å². The number of hydrogen-bond donors (Lipinski definition) is 0. The second-order valence-electron chi connectivity index (χ2n) is 0. The second kappa shape index (κ2) is 18.4. The molecule has 4 heavy (non-hydrogen) atoms. The Morgan fingerprint density at radius 2 is 1.00 bits per heavy atom. The first kappa shape index (κ1) is 33.2. The van der Waals surface area contributed by atoms with Crippen LogP contribution in [-0.2, 0) is 22.3 Å². The number of rotatable bonds is 0. The zero-order chi connectivity index (χ0) is 0. The summed E-state index contributed by atoms with van der Waals surface area (Å²) in [6.45, 7) is 0. The van der Waals surface area contributed by atoms with Gasteiger partial charge in [-0.2, -0.15) is 0 Å². The summed E-state index contributed by atoms with van der Waals surface area (Å²) in [4.78, 5) is 0. The van der Waals surface area contributed by atoms with E-state index in [1.54, 1.807) is 0 Å². The van der Waals surface area contributed by atoms with Gasteiger partial charge in [0.25, 0.3) is 0 Å². The van der Waals surface area contributed by atoms with Crippen LogP contribution in [0.3, 0.4) is 0 Å². The molecule has 0 N–H and O–H groups in total. The van der Waals surface area contributed by atoms with Gasteiger partial charge in [-0.15, -0.1) is 0 Å². The van der Waals surface area contributed by atoms with Crippen molar-refractivity contribution in [3.8, 4) is 0 Å². The normalized spacial score (nSPS) is 0. The van der Waals surface area contributed by atoms with Crippen molar-refractivity contribution in [3.05, 3.63) is 0 Å². The van der Waals surface area contributed by atoms with E-state index in [-0.39, 0.29) is 78.9 Å². The minimum absolute atomic E-state index is 0. The maximum atomic E-state index is 0. The molecule has 0 aromatic carbocycles. The molecular weight excluding hydrogens is 122 g/mol. The van der Waals surface area contributed by atoms with Crippen LogP contribution >= 0.6 is 0 Å². The largest absolute Gasteiger partial charge is 2.00 e. The zero-order valence-corrected chi connectivity index (χ0v) is 5.70. The van der Waals surface area contributed by atoms with Crippen LogP contribution in [0.4, 0.5) is 0 Å². The summed E-state index contributed by atoms with van der Waals surface area (Å²) >= 11 is 0. The maximum absolute atomic E-state index is 0. The molecule has 0 atom stereocenters. The molecular formula is CaCoLiO+3. The summed E-state index contributed by atoms with van der Waals surface area (Å²) in [5, 5.41) is 0. The van der Waals surface area contributed by atoms with E-state index >= 15 is 0 Å². The van der Waals surface area contributed by atoms with E-state index in [1.165, 1.54) is 0 Å². The van der Waals surface area contributed by atoms with E-state index in [4.69, 9.17) is 0 Å². The fourth-order valence-corrected chi connectivity index (χ4v) is 0. The molecule has 15 valence electrons. The first-order chi connectivity index (χ1) is 0. The second-order valence-corrected chi connectivity index (χ2v) is 0. The van der Waals surface area contributed by atoms with Gasteiger partial charge in [-0.1, -0.05) is 0 Å². The van der Waals surface area contributed by atoms with Gasteiger partial charge in [0.05, 0.1) is 0 Å². The van der Waals surface area contributed by atoms with Crippen LogP contribution in [0.25, 0.3) is 0 Å². The van der Waals surface area contributed by atoms with E-state index < -0.39 is 0 Å². The van der Waals surface area contributed by atoms with Crippen molar-refractivity contribution < 1.29 is 41.1 Å². The van der Waals surface area contributed by atoms with Crippen molar-refractivity contribution >= 4 is 37.7 Å². The molecule has 0 saturated heterocycles. The minimum atomic E-state index is 0. The van der Waals surface area contributed by atoms with Crippen LogP contribution in [0.2, 0.25) is 0 Å². The van der Waals surface area contributed by atoms with Crippen LogP contribution in [0.5, 0.6) is 0 Å². The third-order valence-electron chi connectivity index (χ3n) is 0. The standard InChI is InChI=1S/Ca.Co.Li.O/q2*+2;+1;-2. The van der Waals surface area contributed by atoms with E-state index in [2.05, 4.69) is 0 Å². The molecule has 0 fully saturated rings. The molecule has 1 radical (unpaired) electrons. The Bertz CT molecular complexity index is 8.00. The Balaban J connectivity index is 0. The molecule has 0 saturated carbocycles. The predicted octanol–water partition coefficient (Wildman–Crippen LogP) is -3.50. The van der Waals surface area contributed by atoms with Crippen molar-refractivity contribution in [1.29, 1.82) is 0 Å². The first-order valence-electron chi connectivity index (χ1n) is 0. The molecule has 4 heteroatoms. The molecule has 0 spiro atoms. The summed E-state index contributed by atoms with van der Waals surface area (Å²) < 4.78 is 0. The fourth-order valence-electron chi connectivity index (χ4n) is 0. The Morgan fingerprint density at radius 3 is 1.00 bits per heavy atom. The maximum Gasteiger partial charge on any atom is 2.00 e. The predicted molar refractivity (Wildman–Crippen MR) is 6.44 cm³/mol. The molecule has 0 aliphatic rings. The van der Waals surface area contributed by atoms with Gasteiger partial charge in [-0.3, -0.25) is 0 Å². The van der Waals surface area contributed by atoms with Gasteiger partial charge in [0.15, 0.2) is 0 Å². The van der Waals surface area contributed by atoms with Gasteiger partial charge in [0.1, 0.15) is 0 Å². The van der Waals surface area contributed by atoms with Crippen LogP contribution in [-0.4, -0.2) is 37.7 Å². The summed E-state index contributed by atoms with van der Waals surface area (Å²) in [6.07, 6.45) is 0. The zero-order valence-electron chi connectivity index (χ0n) is 2.45. The van der Waals surface area contributed by atoms with Crippen molar-refractivity contribution in [1.82, 2.24) is 0 Å². The van der Waals surface area contributed by atoms with Gasteiger partial charge < -0.3 is 5.48 Å². The minimum Gasteiger partial charge on any atom is -2.00 e. The third kappa shape index (κ3) is 8.85. The summed E-state index contributed by atoms with van der Waals surface area (Å²) in [5.74, 6) is 0. The SMILES string of the molecule is [Ca+2].[Co+2].[Li+].[O-2]. The van der Waals surface area contributed by atoms with Gasteiger partial charge in [-0.25, -0.2) is 0 Å². The summed E-state index contributed by atoms with van der Waals surface area (Å²) in [6, 6.07) is 0. The van der Waals surface area contributed by atoms with Gasteiger partial charge in [-0.05, 0) is 0 Å². The molecule has 0 aliphatic heterocycles. The van der Waals surface area contributed by atoms with E-state index in [9.17, 15) is 0 Å². The molecule has 0 heterocycles. The van der Waals surface area contributed by atoms with Crippen LogP contribution in [0.1, 0.15) is 0 Å². The van der Waals surface area contributed by atoms with Gasteiger partial charge >= 0.3 is 73.4 Å². The van der Waals surface area contributed by atoms with E-state index in [1.807, 2.05) is 0 Å². The topological polar surface area (TPSA) is 28.5 Å². The summed E-state index contributed by atoms with van der Waals surface area (Å²) in [7, 11) is 0. The van der Waals surface area contributed by atoms with Crippen LogP contribution < -0.4 is 18.9 Å². The van der Waals surface area contributed by atoms with Gasteiger partial charge in [0, 0.05) is 0 Å². The Kier molecular flexibility index (Phi) is 153. The Morgan fingerprint density at radius 1 is 1.00 bits per heavy atom. The first-order valence-corrected chi connectivity index (χ1v) is 0. The molecule has 0 amide bonds. The monoisotopic (exact) mass is 122 g/mol. The molecule has 0 aromatic rings. The van der Waals surface area contributed by atoms with Crippen molar-refractivity contribution in [2.75, 3.05) is 0 Å². The molecule has 0 unspecified atom stereocenters. The Labute approximate surface area is 77.6 Å². The molecule has 1 nitrogen and oxygen atoms in total. The van der Waals surface area contributed by atoms with Crippen molar-refractivity contribution in [3.63, 3.8) is 0 Å². The van der Waals surface area contributed by atoms with E-state index in [0.717, 1.165) is 0 Å². The molecule has 0 aromatic heterocycles. The molecule has 0 bridgehead atoms. The molecule has 0 rings (SSSR count). The fraction of sp³-hybridized carbons (Fsp3) is 0. The summed E-state index contributed by atoms with van der Waals surface area (Å²) in [5.41, 5.74) is 0. The average Bonchev–Trinajstić information content (AvgIpc) is 0. The quantitative estimate of drug-likeness (QED) is 0.298. The van der Waals surface area contributed by atoms with Gasteiger partial charge in [0.2, 0.25) is 0 Å². The number of hydrogen-bond acceptors (Lipinski definition) is 0. The van der Waals surface area contributed by atoms with Crippen molar-refractivity contribution in [2.24, 2.45) is 0 Å². The van der Waals surface area contributed by atoms with Crippen molar-refractivity contribution in [2.45, 2.75) is 0 Å².